The van der Waals surface area contributed by atoms with Gasteiger partial charge in [-0.05, 0) is 48.3 Å². The van der Waals surface area contributed by atoms with Gasteiger partial charge in [0.15, 0.2) is 0 Å². The summed E-state index contributed by atoms with van der Waals surface area (Å²) in [6.45, 7) is 8.05. The van der Waals surface area contributed by atoms with E-state index in [1.807, 2.05) is 12.1 Å². The molecule has 2 heteroatoms. The highest BCUT2D eigenvalue weighted by atomic mass is 35.5. The van der Waals surface area contributed by atoms with Crippen LogP contribution in [0.15, 0.2) is 24.3 Å². The van der Waals surface area contributed by atoms with Gasteiger partial charge in [0.2, 0.25) is 0 Å². The highest BCUT2D eigenvalue weighted by molar-refractivity contribution is 6.30. The average Bonchev–Trinajstić information content (AvgIpc) is 3.11. The van der Waals surface area contributed by atoms with Gasteiger partial charge in [-0.1, -0.05) is 44.5 Å². The van der Waals surface area contributed by atoms with E-state index in [0.29, 0.717) is 11.5 Å². The molecule has 0 aliphatic heterocycles. The van der Waals surface area contributed by atoms with Crippen LogP contribution in [0.3, 0.4) is 0 Å². The quantitative estimate of drug-likeness (QED) is 0.778. The van der Waals surface area contributed by atoms with Crippen LogP contribution >= 0.6 is 11.6 Å². The van der Waals surface area contributed by atoms with Crippen molar-refractivity contribution in [2.24, 2.45) is 11.3 Å². The first-order chi connectivity index (χ1) is 8.57. The first kappa shape index (κ1) is 13.9. The van der Waals surface area contributed by atoms with Crippen molar-refractivity contribution in [2.45, 2.75) is 46.1 Å². The Kier molecular flexibility index (Phi) is 4.34. The first-order valence-electron chi connectivity index (χ1n) is 7.06. The van der Waals surface area contributed by atoms with Crippen LogP contribution in [0.4, 0.5) is 0 Å². The Morgan fingerprint density at radius 2 is 2.06 bits per heavy atom. The minimum atomic E-state index is 0.430. The third-order valence-electron chi connectivity index (χ3n) is 4.48. The molecule has 0 radical (unpaired) electrons. The van der Waals surface area contributed by atoms with Crippen LogP contribution < -0.4 is 5.32 Å². The third-order valence-corrected chi connectivity index (χ3v) is 4.71. The number of halogens is 1. The normalized spacial score (nSPS) is 18.9. The van der Waals surface area contributed by atoms with Crippen LogP contribution in [0.1, 0.15) is 51.6 Å². The first-order valence-corrected chi connectivity index (χ1v) is 7.44. The molecule has 0 aromatic heterocycles. The Morgan fingerprint density at radius 1 is 1.33 bits per heavy atom. The summed E-state index contributed by atoms with van der Waals surface area (Å²) in [5.74, 6) is 0.780. The van der Waals surface area contributed by atoms with E-state index >= 15 is 0 Å². The summed E-state index contributed by atoms with van der Waals surface area (Å²) in [6.07, 6.45) is 3.86. The third kappa shape index (κ3) is 3.07. The van der Waals surface area contributed by atoms with Gasteiger partial charge in [-0.2, -0.15) is 0 Å². The molecule has 1 nitrogen and oxygen atoms in total. The van der Waals surface area contributed by atoms with Crippen molar-refractivity contribution in [3.63, 3.8) is 0 Å². The minimum Gasteiger partial charge on any atom is -0.309 e. The minimum absolute atomic E-state index is 0.430. The standard InChI is InChI=1S/C16H24ClN/c1-4-15(13-6-5-7-14(17)10-13)18-11-16(8-9-16)12(2)3/h5-7,10,12,15,18H,4,8-9,11H2,1-3H3. The van der Waals surface area contributed by atoms with E-state index in [4.69, 9.17) is 11.6 Å². The largest absolute Gasteiger partial charge is 0.309 e. The highest BCUT2D eigenvalue weighted by Crippen LogP contribution is 2.51. The van der Waals surface area contributed by atoms with Gasteiger partial charge in [-0.15, -0.1) is 0 Å². The number of nitrogens with one attached hydrogen (secondary N) is 1. The van der Waals surface area contributed by atoms with E-state index in [-0.39, 0.29) is 0 Å². The zero-order valence-corrected chi connectivity index (χ0v) is 12.4. The molecule has 0 heterocycles. The second kappa shape index (κ2) is 5.63. The van der Waals surface area contributed by atoms with Gasteiger partial charge >= 0.3 is 0 Å². The molecule has 100 valence electrons. The highest BCUT2D eigenvalue weighted by Gasteiger charge is 2.44. The predicted molar refractivity (Wildman–Crippen MR) is 79.0 cm³/mol. The van der Waals surface area contributed by atoms with Gasteiger partial charge < -0.3 is 5.32 Å². The van der Waals surface area contributed by atoms with Crippen LogP contribution in [-0.4, -0.2) is 6.54 Å². The van der Waals surface area contributed by atoms with Gasteiger partial charge in [0, 0.05) is 17.6 Å². The van der Waals surface area contributed by atoms with E-state index in [9.17, 15) is 0 Å². The number of hydrogen-bond acceptors (Lipinski definition) is 1. The van der Waals surface area contributed by atoms with E-state index in [0.717, 1.165) is 23.9 Å². The Morgan fingerprint density at radius 3 is 2.56 bits per heavy atom. The fraction of sp³-hybridized carbons (Fsp3) is 0.625. The summed E-state index contributed by atoms with van der Waals surface area (Å²) < 4.78 is 0. The lowest BCUT2D eigenvalue weighted by molar-refractivity contribution is 0.318. The summed E-state index contributed by atoms with van der Waals surface area (Å²) in [5.41, 5.74) is 1.87. The molecule has 1 aromatic rings. The summed E-state index contributed by atoms with van der Waals surface area (Å²) in [5, 5.41) is 4.57. The molecule has 18 heavy (non-hydrogen) atoms. The maximum absolute atomic E-state index is 6.07. The zero-order valence-electron chi connectivity index (χ0n) is 11.7. The Bertz CT molecular complexity index is 396. The monoisotopic (exact) mass is 265 g/mol. The average molecular weight is 266 g/mol. The second-order valence-corrected chi connectivity index (χ2v) is 6.35. The lowest BCUT2D eigenvalue weighted by Gasteiger charge is -2.25. The Labute approximate surface area is 116 Å². The summed E-state index contributed by atoms with van der Waals surface area (Å²) in [6, 6.07) is 8.66. The van der Waals surface area contributed by atoms with Gasteiger partial charge in [-0.3, -0.25) is 0 Å². The molecule has 1 aromatic carbocycles. The van der Waals surface area contributed by atoms with Crippen molar-refractivity contribution in [2.75, 3.05) is 6.54 Å². The smallest absolute Gasteiger partial charge is 0.0409 e. The van der Waals surface area contributed by atoms with Crippen LogP contribution in [0.25, 0.3) is 0 Å². The second-order valence-electron chi connectivity index (χ2n) is 5.91. The molecule has 0 amide bonds. The predicted octanol–water partition coefficient (Wildman–Crippen LogP) is 4.82. The molecule has 2 rings (SSSR count). The van der Waals surface area contributed by atoms with Crippen molar-refractivity contribution in [3.8, 4) is 0 Å². The van der Waals surface area contributed by atoms with E-state index < -0.39 is 0 Å². The molecule has 0 bridgehead atoms. The SMILES string of the molecule is CCC(NCC1(C(C)C)CC1)c1cccc(Cl)c1. The lowest BCUT2D eigenvalue weighted by Crippen LogP contribution is -2.30. The zero-order chi connectivity index (χ0) is 13.2. The van der Waals surface area contributed by atoms with Crippen molar-refractivity contribution in [1.82, 2.24) is 5.32 Å². The van der Waals surface area contributed by atoms with Crippen molar-refractivity contribution >= 4 is 11.6 Å². The topological polar surface area (TPSA) is 12.0 Å². The van der Waals surface area contributed by atoms with Crippen molar-refractivity contribution in [1.29, 1.82) is 0 Å². The molecule has 1 unspecified atom stereocenters. The van der Waals surface area contributed by atoms with Crippen LogP contribution in [-0.2, 0) is 0 Å². The molecule has 1 aliphatic rings. The lowest BCUT2D eigenvalue weighted by atomic mass is 9.91. The molecular weight excluding hydrogens is 242 g/mol. The summed E-state index contributed by atoms with van der Waals surface area (Å²) in [4.78, 5) is 0. The summed E-state index contributed by atoms with van der Waals surface area (Å²) >= 11 is 6.07. The maximum Gasteiger partial charge on any atom is 0.0409 e. The van der Waals surface area contributed by atoms with Gasteiger partial charge in [-0.25, -0.2) is 0 Å². The van der Waals surface area contributed by atoms with Crippen LogP contribution in [0.5, 0.6) is 0 Å². The number of rotatable bonds is 6. The molecule has 0 saturated heterocycles. The summed E-state index contributed by atoms with van der Waals surface area (Å²) in [7, 11) is 0. The molecule has 1 atom stereocenters. The molecule has 1 N–H and O–H groups in total. The number of benzene rings is 1. The number of hydrogen-bond donors (Lipinski definition) is 1. The molecule has 1 saturated carbocycles. The molecule has 1 aliphatic carbocycles. The van der Waals surface area contributed by atoms with Crippen LogP contribution in [0, 0.1) is 11.3 Å². The van der Waals surface area contributed by atoms with E-state index in [1.54, 1.807) is 0 Å². The fourth-order valence-electron chi connectivity index (χ4n) is 2.67. The van der Waals surface area contributed by atoms with Crippen molar-refractivity contribution in [3.05, 3.63) is 34.9 Å². The van der Waals surface area contributed by atoms with E-state index in [2.05, 4.69) is 38.2 Å². The Hall–Kier alpha value is -0.530. The van der Waals surface area contributed by atoms with E-state index in [1.165, 1.54) is 18.4 Å². The molecule has 1 fully saturated rings. The van der Waals surface area contributed by atoms with Gasteiger partial charge in [0.1, 0.15) is 0 Å². The van der Waals surface area contributed by atoms with Crippen molar-refractivity contribution < 1.29 is 0 Å². The van der Waals surface area contributed by atoms with Crippen LogP contribution in [0.2, 0.25) is 5.02 Å². The van der Waals surface area contributed by atoms with Gasteiger partial charge in [0.25, 0.3) is 0 Å². The molecule has 0 spiro atoms. The Balaban J connectivity index is 1.98. The molecular formula is C16H24ClN. The van der Waals surface area contributed by atoms with Gasteiger partial charge in [0.05, 0.1) is 0 Å². The maximum atomic E-state index is 6.07. The fourth-order valence-corrected chi connectivity index (χ4v) is 2.87.